The van der Waals surface area contributed by atoms with Gasteiger partial charge in [-0.2, -0.15) is 0 Å². The van der Waals surface area contributed by atoms with Gasteiger partial charge in [-0.3, -0.25) is 0 Å². The average molecular weight is 396 g/mol. The Hall–Kier alpha value is -0.300. The van der Waals surface area contributed by atoms with E-state index in [0.717, 1.165) is 19.3 Å². The van der Waals surface area contributed by atoms with Crippen molar-refractivity contribution in [3.63, 3.8) is 0 Å². The fourth-order valence-electron chi connectivity index (χ4n) is 2.79. The fourth-order valence-corrected chi connectivity index (χ4v) is 5.44. The number of sulfonamides is 1. The smallest absolute Gasteiger partial charge is 0.242 e. The van der Waals surface area contributed by atoms with Crippen LogP contribution in [0, 0.1) is 11.8 Å². The molecule has 3 N–H and O–H groups in total. The molecule has 7 heteroatoms. The highest BCUT2D eigenvalue weighted by molar-refractivity contribution is 9.10. The Kier molecular flexibility index (Phi) is 5.23. The first-order valence-electron chi connectivity index (χ1n) is 6.99. The van der Waals surface area contributed by atoms with E-state index in [4.69, 9.17) is 17.3 Å². The molecule has 4 nitrogen and oxygen atoms in total. The van der Waals surface area contributed by atoms with Gasteiger partial charge in [0.25, 0.3) is 0 Å². The van der Waals surface area contributed by atoms with E-state index in [2.05, 4.69) is 34.5 Å². The molecule has 118 valence electrons. The van der Waals surface area contributed by atoms with Gasteiger partial charge in [0.15, 0.2) is 0 Å². The molecule has 21 heavy (non-hydrogen) atoms. The highest BCUT2D eigenvalue weighted by Crippen LogP contribution is 2.34. The highest BCUT2D eigenvalue weighted by atomic mass is 79.9. The number of anilines is 1. The lowest BCUT2D eigenvalue weighted by atomic mass is 9.78. The van der Waals surface area contributed by atoms with Crippen molar-refractivity contribution in [1.82, 2.24) is 4.72 Å². The number of nitrogen functional groups attached to an aromatic ring is 1. The minimum Gasteiger partial charge on any atom is -0.398 e. The zero-order valence-corrected chi connectivity index (χ0v) is 15.2. The summed E-state index contributed by atoms with van der Waals surface area (Å²) in [6.07, 6.45) is 3.04. The van der Waals surface area contributed by atoms with Gasteiger partial charge in [0.1, 0.15) is 0 Å². The van der Waals surface area contributed by atoms with Crippen LogP contribution in [0.1, 0.15) is 33.1 Å². The van der Waals surface area contributed by atoms with Gasteiger partial charge in [-0.25, -0.2) is 13.1 Å². The van der Waals surface area contributed by atoms with E-state index < -0.39 is 10.0 Å². The third-order valence-electron chi connectivity index (χ3n) is 4.34. The minimum absolute atomic E-state index is 0.0501. The SMILES string of the molecule is CC1CCCC(NS(=O)(=O)c2cc(Cl)cc(N)c2Br)C1C. The first-order chi connectivity index (χ1) is 9.72. The van der Waals surface area contributed by atoms with Gasteiger partial charge in [0.2, 0.25) is 10.0 Å². The van der Waals surface area contributed by atoms with Crippen LogP contribution < -0.4 is 10.5 Å². The van der Waals surface area contributed by atoms with E-state index in [1.165, 1.54) is 12.1 Å². The van der Waals surface area contributed by atoms with Crippen LogP contribution in [0.15, 0.2) is 21.5 Å². The molecular formula is C14H20BrClN2O2S. The maximum absolute atomic E-state index is 12.6. The standard InChI is InChI=1S/C14H20BrClN2O2S/c1-8-4-3-5-12(9(8)2)18-21(19,20)13-7-10(16)6-11(17)14(13)15/h6-9,12,18H,3-5,17H2,1-2H3. The van der Waals surface area contributed by atoms with E-state index in [1.807, 2.05) is 0 Å². The summed E-state index contributed by atoms with van der Waals surface area (Å²) in [6, 6.07) is 2.89. The quantitative estimate of drug-likeness (QED) is 0.765. The fraction of sp³-hybridized carbons (Fsp3) is 0.571. The topological polar surface area (TPSA) is 72.2 Å². The van der Waals surface area contributed by atoms with E-state index in [9.17, 15) is 8.42 Å². The summed E-state index contributed by atoms with van der Waals surface area (Å²) in [5.74, 6) is 0.822. The molecule has 0 heterocycles. The Balaban J connectivity index is 2.31. The van der Waals surface area contributed by atoms with Crippen LogP contribution in [0.3, 0.4) is 0 Å². The van der Waals surface area contributed by atoms with Crippen LogP contribution >= 0.6 is 27.5 Å². The molecular weight excluding hydrogens is 376 g/mol. The van der Waals surface area contributed by atoms with Gasteiger partial charge < -0.3 is 5.73 Å². The van der Waals surface area contributed by atoms with Crippen molar-refractivity contribution in [3.8, 4) is 0 Å². The Morgan fingerprint density at radius 2 is 2.00 bits per heavy atom. The summed E-state index contributed by atoms with van der Waals surface area (Å²) < 4.78 is 28.4. The summed E-state index contributed by atoms with van der Waals surface area (Å²) in [6.45, 7) is 4.26. The summed E-state index contributed by atoms with van der Waals surface area (Å²) in [5.41, 5.74) is 6.09. The molecule has 0 spiro atoms. The van der Waals surface area contributed by atoms with Gasteiger partial charge in [-0.15, -0.1) is 0 Å². The van der Waals surface area contributed by atoms with Gasteiger partial charge >= 0.3 is 0 Å². The minimum atomic E-state index is -3.65. The van der Waals surface area contributed by atoms with Crippen molar-refractivity contribution in [2.45, 2.75) is 44.0 Å². The van der Waals surface area contributed by atoms with E-state index in [-0.39, 0.29) is 10.9 Å². The molecule has 1 fully saturated rings. The molecule has 0 saturated heterocycles. The number of nitrogens with two attached hydrogens (primary N) is 1. The van der Waals surface area contributed by atoms with E-state index in [0.29, 0.717) is 27.0 Å². The van der Waals surface area contributed by atoms with Crippen LogP contribution in [-0.4, -0.2) is 14.5 Å². The zero-order chi connectivity index (χ0) is 15.8. The molecule has 0 radical (unpaired) electrons. The van der Waals surface area contributed by atoms with Crippen LogP contribution in [0.2, 0.25) is 5.02 Å². The summed E-state index contributed by atoms with van der Waals surface area (Å²) >= 11 is 9.17. The van der Waals surface area contributed by atoms with Crippen molar-refractivity contribution >= 4 is 43.2 Å². The van der Waals surface area contributed by atoms with Gasteiger partial charge in [0.05, 0.1) is 9.37 Å². The second kappa shape index (κ2) is 6.44. The van der Waals surface area contributed by atoms with Crippen molar-refractivity contribution in [2.24, 2.45) is 11.8 Å². The third kappa shape index (κ3) is 3.73. The first kappa shape index (κ1) is 17.1. The number of hydrogen-bond acceptors (Lipinski definition) is 3. The molecule has 0 aromatic heterocycles. The average Bonchev–Trinajstić information content (AvgIpc) is 2.39. The molecule has 3 unspecified atom stereocenters. The zero-order valence-electron chi connectivity index (χ0n) is 12.1. The molecule has 1 saturated carbocycles. The lowest BCUT2D eigenvalue weighted by Gasteiger charge is -2.34. The summed E-state index contributed by atoms with van der Waals surface area (Å²) in [4.78, 5) is 0.0953. The Labute approximate surface area is 139 Å². The van der Waals surface area contributed by atoms with E-state index in [1.54, 1.807) is 0 Å². The van der Waals surface area contributed by atoms with Crippen molar-refractivity contribution in [1.29, 1.82) is 0 Å². The Morgan fingerprint density at radius 3 is 2.67 bits per heavy atom. The Morgan fingerprint density at radius 1 is 1.33 bits per heavy atom. The third-order valence-corrected chi connectivity index (χ3v) is 7.21. The molecule has 3 atom stereocenters. The second-order valence-corrected chi connectivity index (χ2v) is 8.71. The molecule has 1 aliphatic carbocycles. The number of halogens is 2. The number of rotatable bonds is 3. The van der Waals surface area contributed by atoms with Crippen molar-refractivity contribution < 1.29 is 8.42 Å². The van der Waals surface area contributed by atoms with Crippen LogP contribution in [0.25, 0.3) is 0 Å². The lowest BCUT2D eigenvalue weighted by Crippen LogP contribution is -2.43. The Bertz CT molecular complexity index is 636. The maximum atomic E-state index is 12.6. The molecule has 1 aliphatic rings. The molecule has 0 bridgehead atoms. The molecule has 1 aromatic rings. The van der Waals surface area contributed by atoms with Crippen LogP contribution in [-0.2, 0) is 10.0 Å². The van der Waals surface area contributed by atoms with Gasteiger partial charge in [-0.1, -0.05) is 38.3 Å². The van der Waals surface area contributed by atoms with Crippen molar-refractivity contribution in [3.05, 3.63) is 21.6 Å². The monoisotopic (exact) mass is 394 g/mol. The molecule has 2 rings (SSSR count). The van der Waals surface area contributed by atoms with Gasteiger partial charge in [-0.05, 0) is 46.3 Å². The molecule has 1 aromatic carbocycles. The van der Waals surface area contributed by atoms with Gasteiger partial charge in [0, 0.05) is 16.8 Å². The highest BCUT2D eigenvalue weighted by Gasteiger charge is 2.31. The van der Waals surface area contributed by atoms with Crippen molar-refractivity contribution in [2.75, 3.05) is 5.73 Å². The largest absolute Gasteiger partial charge is 0.398 e. The number of benzene rings is 1. The van der Waals surface area contributed by atoms with Crippen LogP contribution in [0.4, 0.5) is 5.69 Å². The molecule has 0 aliphatic heterocycles. The molecule has 0 amide bonds. The normalized spacial score (nSPS) is 26.8. The van der Waals surface area contributed by atoms with E-state index >= 15 is 0 Å². The number of nitrogens with one attached hydrogen (secondary N) is 1. The predicted octanol–water partition coefficient (Wildman–Crippen LogP) is 3.79. The first-order valence-corrected chi connectivity index (χ1v) is 9.64. The van der Waals surface area contributed by atoms with Crippen LogP contribution in [0.5, 0.6) is 0 Å². The number of hydrogen-bond donors (Lipinski definition) is 2. The second-order valence-electron chi connectivity index (χ2n) is 5.80. The summed E-state index contributed by atoms with van der Waals surface area (Å²) in [7, 11) is -3.65. The maximum Gasteiger partial charge on any atom is 0.242 e. The predicted molar refractivity (Wildman–Crippen MR) is 89.9 cm³/mol. The lowest BCUT2D eigenvalue weighted by molar-refractivity contribution is 0.227. The summed E-state index contributed by atoms with van der Waals surface area (Å²) in [5, 5.41) is 0.307.